The molecule has 0 fully saturated rings. The van der Waals surface area contributed by atoms with Crippen LogP contribution in [0.3, 0.4) is 0 Å². The van der Waals surface area contributed by atoms with Crippen LogP contribution in [0.5, 0.6) is 5.75 Å². The number of nitrogens with one attached hydrogen (secondary N) is 1. The van der Waals surface area contributed by atoms with Crippen molar-refractivity contribution < 1.29 is 17.9 Å². The van der Waals surface area contributed by atoms with E-state index in [1.165, 1.54) is 11.8 Å². The molecule has 0 aromatic heterocycles. The highest BCUT2D eigenvalue weighted by atomic mass is 32.2. The topological polar surface area (TPSA) is 72.5 Å². The first-order valence-electron chi connectivity index (χ1n) is 9.25. The van der Waals surface area contributed by atoms with Gasteiger partial charge in [0.15, 0.2) is 15.9 Å². The van der Waals surface area contributed by atoms with Crippen LogP contribution in [0.1, 0.15) is 51.8 Å². The lowest BCUT2D eigenvalue weighted by Gasteiger charge is -2.21. The third-order valence-corrected chi connectivity index (χ3v) is 5.70. The molecule has 0 aliphatic carbocycles. The highest BCUT2D eigenvalue weighted by Gasteiger charge is 2.19. The first-order chi connectivity index (χ1) is 12.9. The number of hydrogen-bond donors (Lipinski definition) is 1. The maximum Gasteiger partial charge on any atom is 0.261 e. The van der Waals surface area contributed by atoms with Gasteiger partial charge < -0.3 is 10.1 Å². The summed E-state index contributed by atoms with van der Waals surface area (Å²) in [6, 6.07) is 14.0. The van der Waals surface area contributed by atoms with Crippen LogP contribution in [0, 0.1) is 0 Å². The summed E-state index contributed by atoms with van der Waals surface area (Å²) < 4.78 is 28.8. The quantitative estimate of drug-likeness (QED) is 0.790. The number of ether oxygens (including phenoxy) is 1. The molecule has 6 heteroatoms. The summed E-state index contributed by atoms with van der Waals surface area (Å²) in [7, 11) is -3.24. The van der Waals surface area contributed by atoms with Crippen LogP contribution in [0.2, 0.25) is 0 Å². The summed E-state index contributed by atoms with van der Waals surface area (Å²) in [6.07, 6.45) is 0.513. The molecular formula is C22H29NO4S. The van der Waals surface area contributed by atoms with Crippen molar-refractivity contribution in [2.75, 3.05) is 6.26 Å². The van der Waals surface area contributed by atoms with Crippen molar-refractivity contribution in [1.82, 2.24) is 5.32 Å². The van der Waals surface area contributed by atoms with E-state index in [1.807, 2.05) is 31.2 Å². The van der Waals surface area contributed by atoms with E-state index in [-0.39, 0.29) is 22.3 Å². The van der Waals surface area contributed by atoms with Crippen LogP contribution in [-0.2, 0) is 20.0 Å². The third-order valence-electron chi connectivity index (χ3n) is 4.57. The first-order valence-corrected chi connectivity index (χ1v) is 11.1. The molecule has 1 amide bonds. The lowest BCUT2D eigenvalue weighted by Crippen LogP contribution is -2.37. The zero-order valence-electron chi connectivity index (χ0n) is 17.3. The smallest absolute Gasteiger partial charge is 0.261 e. The lowest BCUT2D eigenvalue weighted by molar-refractivity contribution is -0.127. The number of carbonyl (C=O) groups excluding carboxylic acids is 1. The Morgan fingerprint density at radius 3 is 1.96 bits per heavy atom. The van der Waals surface area contributed by atoms with Crippen LogP contribution in [0.15, 0.2) is 53.4 Å². The fraction of sp³-hybridized carbons (Fsp3) is 0.409. The lowest BCUT2D eigenvalue weighted by atomic mass is 9.87. The molecule has 2 aromatic carbocycles. The van der Waals surface area contributed by atoms with Gasteiger partial charge in [0.2, 0.25) is 0 Å². The summed E-state index contributed by atoms with van der Waals surface area (Å²) in [4.78, 5) is 12.7. The normalized spacial score (nSPS) is 14.2. The average molecular weight is 404 g/mol. The van der Waals surface area contributed by atoms with E-state index in [0.717, 1.165) is 5.56 Å². The molecular weight excluding hydrogens is 374 g/mol. The molecule has 2 aromatic rings. The Bertz CT molecular complexity index is 911. The summed E-state index contributed by atoms with van der Waals surface area (Å²) in [5, 5.41) is 2.90. The van der Waals surface area contributed by atoms with Gasteiger partial charge in [0.25, 0.3) is 5.91 Å². The number of amides is 1. The fourth-order valence-corrected chi connectivity index (χ4v) is 3.34. The highest BCUT2D eigenvalue weighted by Crippen LogP contribution is 2.25. The van der Waals surface area contributed by atoms with Crippen molar-refractivity contribution in [2.24, 2.45) is 0 Å². The van der Waals surface area contributed by atoms with E-state index in [4.69, 9.17) is 4.74 Å². The molecule has 0 radical (unpaired) electrons. The molecule has 0 unspecified atom stereocenters. The third kappa shape index (κ3) is 5.83. The van der Waals surface area contributed by atoms with Crippen LogP contribution in [0.4, 0.5) is 0 Å². The van der Waals surface area contributed by atoms with Gasteiger partial charge in [-0.15, -0.1) is 0 Å². The van der Waals surface area contributed by atoms with Gasteiger partial charge in [0, 0.05) is 6.26 Å². The average Bonchev–Trinajstić information content (AvgIpc) is 2.60. The van der Waals surface area contributed by atoms with Gasteiger partial charge in [-0.3, -0.25) is 4.79 Å². The second-order valence-corrected chi connectivity index (χ2v) is 10.1. The highest BCUT2D eigenvalue weighted by molar-refractivity contribution is 7.90. The standard InChI is InChI=1S/C22H29NO4S/c1-15(17-7-13-20(14-8-17)28(6,25)26)23-21(24)16(2)27-19-11-9-18(10-12-19)22(3,4)5/h7-16H,1-6H3,(H,23,24)/t15-,16-/m0/s1. The maximum absolute atomic E-state index is 12.5. The van der Waals surface area contributed by atoms with E-state index in [0.29, 0.717) is 5.75 Å². The van der Waals surface area contributed by atoms with E-state index in [9.17, 15) is 13.2 Å². The van der Waals surface area contributed by atoms with Crippen LogP contribution in [-0.4, -0.2) is 26.7 Å². The fourth-order valence-electron chi connectivity index (χ4n) is 2.71. The van der Waals surface area contributed by atoms with E-state index < -0.39 is 15.9 Å². The number of sulfone groups is 1. The molecule has 0 spiro atoms. The van der Waals surface area contributed by atoms with Crippen molar-refractivity contribution >= 4 is 15.7 Å². The Hall–Kier alpha value is -2.34. The van der Waals surface area contributed by atoms with E-state index in [2.05, 4.69) is 26.1 Å². The van der Waals surface area contributed by atoms with Crippen molar-refractivity contribution in [3.05, 3.63) is 59.7 Å². The summed E-state index contributed by atoms with van der Waals surface area (Å²) in [5.74, 6) is 0.403. The molecule has 0 saturated carbocycles. The molecule has 0 bridgehead atoms. The van der Waals surface area contributed by atoms with Gasteiger partial charge in [-0.25, -0.2) is 8.42 Å². The van der Waals surface area contributed by atoms with Gasteiger partial charge in [-0.1, -0.05) is 45.0 Å². The van der Waals surface area contributed by atoms with Crippen molar-refractivity contribution in [1.29, 1.82) is 0 Å². The Kier molecular flexibility index (Phi) is 6.55. The van der Waals surface area contributed by atoms with Crippen molar-refractivity contribution in [3.63, 3.8) is 0 Å². The SMILES string of the molecule is C[C@H](Oc1ccc(C(C)(C)C)cc1)C(=O)N[C@@H](C)c1ccc(S(C)(=O)=O)cc1. The summed E-state index contributed by atoms with van der Waals surface area (Å²) in [6.45, 7) is 9.97. The molecule has 2 atom stereocenters. The van der Waals surface area contributed by atoms with Gasteiger partial charge in [0.1, 0.15) is 5.75 Å². The molecule has 28 heavy (non-hydrogen) atoms. The minimum Gasteiger partial charge on any atom is -0.481 e. The van der Waals surface area contributed by atoms with E-state index in [1.54, 1.807) is 31.2 Å². The monoisotopic (exact) mass is 403 g/mol. The molecule has 2 rings (SSSR count). The number of hydrogen-bond acceptors (Lipinski definition) is 4. The predicted octanol–water partition coefficient (Wildman–Crippen LogP) is 4.03. The second-order valence-electron chi connectivity index (χ2n) is 8.11. The number of benzene rings is 2. The summed E-state index contributed by atoms with van der Waals surface area (Å²) >= 11 is 0. The Morgan fingerprint density at radius 2 is 1.50 bits per heavy atom. The minimum atomic E-state index is -3.24. The first kappa shape index (κ1) is 22.0. The predicted molar refractivity (Wildman–Crippen MR) is 111 cm³/mol. The zero-order chi connectivity index (χ0) is 21.1. The Labute approximate surface area is 168 Å². The number of rotatable bonds is 6. The Balaban J connectivity index is 1.98. The second kappa shape index (κ2) is 8.35. The molecule has 0 saturated heterocycles. The molecule has 0 aliphatic rings. The molecule has 0 heterocycles. The Morgan fingerprint density at radius 1 is 0.964 bits per heavy atom. The number of carbonyl (C=O) groups is 1. The van der Waals surface area contributed by atoms with Crippen molar-refractivity contribution in [3.8, 4) is 5.75 Å². The zero-order valence-corrected chi connectivity index (χ0v) is 18.1. The van der Waals surface area contributed by atoms with Crippen LogP contribution >= 0.6 is 0 Å². The molecule has 1 N–H and O–H groups in total. The van der Waals surface area contributed by atoms with Gasteiger partial charge in [0.05, 0.1) is 10.9 Å². The van der Waals surface area contributed by atoms with Crippen LogP contribution < -0.4 is 10.1 Å². The largest absolute Gasteiger partial charge is 0.481 e. The van der Waals surface area contributed by atoms with Crippen molar-refractivity contribution in [2.45, 2.75) is 57.1 Å². The summed E-state index contributed by atoms with van der Waals surface area (Å²) in [5.41, 5.74) is 2.08. The van der Waals surface area contributed by atoms with Crippen LogP contribution in [0.25, 0.3) is 0 Å². The van der Waals surface area contributed by atoms with E-state index >= 15 is 0 Å². The molecule has 152 valence electrons. The van der Waals surface area contributed by atoms with Gasteiger partial charge >= 0.3 is 0 Å². The minimum absolute atomic E-state index is 0.0591. The molecule has 0 aliphatic heterocycles. The van der Waals surface area contributed by atoms with Gasteiger partial charge in [-0.2, -0.15) is 0 Å². The maximum atomic E-state index is 12.5. The van der Waals surface area contributed by atoms with Gasteiger partial charge in [-0.05, 0) is 54.7 Å². The molecule has 5 nitrogen and oxygen atoms in total.